The lowest BCUT2D eigenvalue weighted by molar-refractivity contribution is 0.0962. The smallest absolute Gasteiger partial charge is 0.166 e. The summed E-state index contributed by atoms with van der Waals surface area (Å²) < 4.78 is 12.5. The average molecular weight is 448 g/mol. The summed E-state index contributed by atoms with van der Waals surface area (Å²) in [6, 6.07) is 15.5. The predicted octanol–water partition coefficient (Wildman–Crippen LogP) is 5.12. The molecule has 0 aliphatic heterocycles. The van der Waals surface area contributed by atoms with E-state index in [1.54, 1.807) is 20.4 Å². The summed E-state index contributed by atoms with van der Waals surface area (Å²) in [5.74, 6) is 0.941. The molecule has 2 aromatic heterocycles. The fourth-order valence-corrected chi connectivity index (χ4v) is 4.62. The normalized spacial score (nSPS) is 15.7. The molecule has 1 aliphatic rings. The number of ether oxygens (including phenoxy) is 2. The highest BCUT2D eigenvalue weighted by Crippen LogP contribution is 2.36. The van der Waals surface area contributed by atoms with Crippen LogP contribution < -0.4 is 4.74 Å². The Morgan fingerprint density at radius 3 is 2.66 bits per heavy atom. The predicted molar refractivity (Wildman–Crippen MR) is 123 cm³/mol. The molecule has 1 aliphatic carbocycles. The van der Waals surface area contributed by atoms with E-state index in [0.717, 1.165) is 33.8 Å². The molecule has 0 spiro atoms. The van der Waals surface area contributed by atoms with Crippen LogP contribution in [0.3, 0.4) is 0 Å². The maximum Gasteiger partial charge on any atom is 0.166 e. The van der Waals surface area contributed by atoms with Crippen LogP contribution in [0.15, 0.2) is 54.7 Å². The number of benzene rings is 2. The van der Waals surface area contributed by atoms with E-state index in [0.29, 0.717) is 35.7 Å². The molecule has 2 heterocycles. The number of hydrogen-bond acceptors (Lipinski definition) is 5. The van der Waals surface area contributed by atoms with Crippen molar-refractivity contribution in [2.45, 2.75) is 25.4 Å². The number of Topliss-reactive ketones (excluding diaryl/α,β-unsaturated/α-hetero) is 1. The monoisotopic (exact) mass is 447 g/mol. The maximum absolute atomic E-state index is 13.0. The Hall–Kier alpha value is -3.22. The largest absolute Gasteiger partial charge is 0.497 e. The number of nitrogens with zero attached hydrogens (tertiary/aromatic N) is 3. The lowest BCUT2D eigenvalue weighted by atomic mass is 9.82. The molecular formula is C25H22ClN3O3. The average Bonchev–Trinajstić information content (AvgIpc) is 3.18. The van der Waals surface area contributed by atoms with Crippen LogP contribution in [0.2, 0.25) is 5.02 Å². The van der Waals surface area contributed by atoms with Gasteiger partial charge in [0.1, 0.15) is 5.75 Å². The Labute approximate surface area is 190 Å². The molecule has 1 unspecified atom stereocenters. The fraction of sp³-hybridized carbons (Fsp3) is 0.240. The van der Waals surface area contributed by atoms with Crippen molar-refractivity contribution in [2.24, 2.45) is 0 Å². The van der Waals surface area contributed by atoms with Crippen molar-refractivity contribution in [3.63, 3.8) is 0 Å². The highest BCUT2D eigenvalue weighted by atomic mass is 35.5. The van der Waals surface area contributed by atoms with Crippen LogP contribution >= 0.6 is 11.6 Å². The minimum absolute atomic E-state index is 0.0659. The highest BCUT2D eigenvalue weighted by Gasteiger charge is 2.30. The summed E-state index contributed by atoms with van der Waals surface area (Å²) in [6.07, 6.45) is 2.82. The molecule has 0 radical (unpaired) electrons. The number of aromatic nitrogens is 3. The van der Waals surface area contributed by atoms with E-state index in [4.69, 9.17) is 26.2 Å². The number of methoxy groups -OCH3 is 2. The van der Waals surface area contributed by atoms with E-state index in [-0.39, 0.29) is 11.7 Å². The molecule has 2 aromatic carbocycles. The molecule has 5 rings (SSSR count). The number of hydrogen-bond donors (Lipinski definition) is 0. The van der Waals surface area contributed by atoms with E-state index in [1.165, 1.54) is 0 Å². The highest BCUT2D eigenvalue weighted by molar-refractivity contribution is 6.30. The van der Waals surface area contributed by atoms with Crippen molar-refractivity contribution in [1.82, 2.24) is 14.6 Å². The van der Waals surface area contributed by atoms with E-state index in [1.807, 2.05) is 53.0 Å². The molecule has 6 nitrogen and oxygen atoms in total. The third-order valence-electron chi connectivity index (χ3n) is 5.97. The van der Waals surface area contributed by atoms with Crippen LogP contribution in [0, 0.1) is 0 Å². The van der Waals surface area contributed by atoms with Gasteiger partial charge in [0.05, 0.1) is 36.2 Å². The van der Waals surface area contributed by atoms with Crippen molar-refractivity contribution in [2.75, 3.05) is 14.2 Å². The second-order valence-electron chi connectivity index (χ2n) is 7.92. The minimum Gasteiger partial charge on any atom is -0.497 e. The summed E-state index contributed by atoms with van der Waals surface area (Å²) in [5.41, 5.74) is 5.85. The molecule has 0 bridgehead atoms. The summed E-state index contributed by atoms with van der Waals surface area (Å²) in [6.45, 7) is 0.329. The van der Waals surface area contributed by atoms with Gasteiger partial charge in [-0.15, -0.1) is 0 Å². The molecule has 0 N–H and O–H groups in total. The Morgan fingerprint density at radius 1 is 1.12 bits per heavy atom. The van der Waals surface area contributed by atoms with Crippen molar-refractivity contribution in [1.29, 1.82) is 0 Å². The summed E-state index contributed by atoms with van der Waals surface area (Å²) in [5, 5.41) is 5.46. The first-order valence-corrected chi connectivity index (χ1v) is 10.8. The van der Waals surface area contributed by atoms with Gasteiger partial charge in [-0.25, -0.2) is 9.50 Å². The zero-order valence-corrected chi connectivity index (χ0v) is 18.6. The Morgan fingerprint density at radius 2 is 1.94 bits per heavy atom. The SMILES string of the molecule is COCc1nn2c3c(cnc2c1-c1cccc(Cl)c1)C(=O)CC(c1ccc(OC)cc1)C3. The summed E-state index contributed by atoms with van der Waals surface area (Å²) in [7, 11) is 3.28. The van der Waals surface area contributed by atoms with Crippen molar-refractivity contribution >= 4 is 23.0 Å². The van der Waals surface area contributed by atoms with Crippen LogP contribution in [-0.2, 0) is 17.8 Å². The maximum atomic E-state index is 13.0. The number of rotatable bonds is 5. The lowest BCUT2D eigenvalue weighted by Crippen LogP contribution is -2.22. The van der Waals surface area contributed by atoms with Gasteiger partial charge in [-0.1, -0.05) is 35.9 Å². The van der Waals surface area contributed by atoms with Gasteiger partial charge in [-0.2, -0.15) is 5.10 Å². The standard InChI is InChI=1S/C25H22ClN3O3/c1-31-14-21-24(16-4-3-5-18(26)10-16)25-27-13-20-22(29(25)28-21)11-17(12-23(20)30)15-6-8-19(32-2)9-7-15/h3-10,13,17H,11-12,14H2,1-2H3. The van der Waals surface area contributed by atoms with Gasteiger partial charge < -0.3 is 9.47 Å². The first-order chi connectivity index (χ1) is 15.6. The van der Waals surface area contributed by atoms with Crippen LogP contribution in [0.4, 0.5) is 0 Å². The molecule has 0 fully saturated rings. The molecule has 32 heavy (non-hydrogen) atoms. The third-order valence-corrected chi connectivity index (χ3v) is 6.20. The molecular weight excluding hydrogens is 426 g/mol. The topological polar surface area (TPSA) is 65.7 Å². The van der Waals surface area contributed by atoms with Crippen LogP contribution in [0.5, 0.6) is 5.75 Å². The van der Waals surface area contributed by atoms with Crippen molar-refractivity contribution in [3.8, 4) is 16.9 Å². The van der Waals surface area contributed by atoms with Gasteiger partial charge in [0.15, 0.2) is 11.4 Å². The Balaban J connectivity index is 1.65. The van der Waals surface area contributed by atoms with Crippen LogP contribution in [-0.4, -0.2) is 34.6 Å². The van der Waals surface area contributed by atoms with E-state index < -0.39 is 0 Å². The summed E-state index contributed by atoms with van der Waals surface area (Å²) >= 11 is 6.25. The van der Waals surface area contributed by atoms with Gasteiger partial charge in [-0.3, -0.25) is 4.79 Å². The molecule has 4 aromatic rings. The number of carbonyl (C=O) groups excluding carboxylic acids is 1. The lowest BCUT2D eigenvalue weighted by Gasteiger charge is -2.24. The second kappa shape index (κ2) is 8.37. The molecule has 162 valence electrons. The van der Waals surface area contributed by atoms with E-state index in [2.05, 4.69) is 4.98 Å². The van der Waals surface area contributed by atoms with Gasteiger partial charge >= 0.3 is 0 Å². The van der Waals surface area contributed by atoms with Gasteiger partial charge in [0, 0.05) is 24.8 Å². The quantitative estimate of drug-likeness (QED) is 0.425. The molecule has 0 saturated carbocycles. The molecule has 7 heteroatoms. The summed E-state index contributed by atoms with van der Waals surface area (Å²) in [4.78, 5) is 17.7. The molecule has 0 amide bonds. The zero-order valence-electron chi connectivity index (χ0n) is 17.8. The first kappa shape index (κ1) is 20.7. The number of halogens is 1. The fourth-order valence-electron chi connectivity index (χ4n) is 4.43. The van der Waals surface area contributed by atoms with Crippen LogP contribution in [0.1, 0.15) is 39.6 Å². The van der Waals surface area contributed by atoms with E-state index in [9.17, 15) is 4.79 Å². The van der Waals surface area contributed by atoms with E-state index >= 15 is 0 Å². The molecule has 1 atom stereocenters. The van der Waals surface area contributed by atoms with Crippen LogP contribution in [0.25, 0.3) is 16.8 Å². The number of carbonyl (C=O) groups is 1. The molecule has 0 saturated heterocycles. The van der Waals surface area contributed by atoms with Gasteiger partial charge in [-0.05, 0) is 47.7 Å². The second-order valence-corrected chi connectivity index (χ2v) is 8.36. The van der Waals surface area contributed by atoms with Gasteiger partial charge in [0.25, 0.3) is 0 Å². The zero-order chi connectivity index (χ0) is 22.2. The number of ketones is 1. The third kappa shape index (κ3) is 3.55. The van der Waals surface area contributed by atoms with Crippen molar-refractivity contribution in [3.05, 3.63) is 82.3 Å². The van der Waals surface area contributed by atoms with Crippen molar-refractivity contribution < 1.29 is 14.3 Å². The first-order valence-electron chi connectivity index (χ1n) is 10.4. The number of fused-ring (bicyclic) bond motifs is 3. The van der Waals surface area contributed by atoms with Gasteiger partial charge in [0.2, 0.25) is 0 Å². The minimum atomic E-state index is 0.0659. The Bertz CT molecular complexity index is 1310. The Kier molecular flexibility index (Phi) is 5.41.